The molecular weight excluding hydrogens is 178 g/mol. The smallest absolute Gasteiger partial charge is 0.206 e. The Morgan fingerprint density at radius 3 is 2.75 bits per heavy atom. The Balaban J connectivity index is 3.61. The maximum atomic E-state index is 10.1. The van der Waals surface area contributed by atoms with Gasteiger partial charge in [0, 0.05) is 17.3 Å². The molecule has 0 saturated heterocycles. The first kappa shape index (κ1) is 11.3. The Hall–Kier alpha value is -0.710. The van der Waals surface area contributed by atoms with Gasteiger partial charge in [-0.15, -0.1) is 0 Å². The van der Waals surface area contributed by atoms with Gasteiger partial charge in [0.15, 0.2) is 5.05 Å². The summed E-state index contributed by atoms with van der Waals surface area (Å²) in [7, 11) is 0. The SMILES string of the molecule is CCOC(=S)CC(C)C[N+](=O)[O-]. The lowest BCUT2D eigenvalue weighted by Gasteiger charge is -2.07. The van der Waals surface area contributed by atoms with Gasteiger partial charge in [0.2, 0.25) is 6.54 Å². The summed E-state index contributed by atoms with van der Waals surface area (Å²) in [6.45, 7) is 4.11. The number of rotatable bonds is 5. The van der Waals surface area contributed by atoms with Crippen LogP contribution in [0.4, 0.5) is 0 Å². The van der Waals surface area contributed by atoms with Gasteiger partial charge in [-0.05, 0) is 19.1 Å². The molecule has 0 amide bonds. The molecule has 0 rings (SSSR count). The normalized spacial score (nSPS) is 12.2. The van der Waals surface area contributed by atoms with Crippen molar-refractivity contribution >= 4 is 17.3 Å². The lowest BCUT2D eigenvalue weighted by Crippen LogP contribution is -2.15. The Morgan fingerprint density at radius 2 is 2.33 bits per heavy atom. The summed E-state index contributed by atoms with van der Waals surface area (Å²) in [5, 5.41) is 10.5. The van der Waals surface area contributed by atoms with E-state index < -0.39 is 0 Å². The van der Waals surface area contributed by atoms with Gasteiger partial charge in [0.05, 0.1) is 6.61 Å². The first-order valence-corrected chi connectivity index (χ1v) is 4.24. The number of ether oxygens (including phenoxy) is 1. The summed E-state index contributed by atoms with van der Waals surface area (Å²) in [5.74, 6) is -0.0425. The summed E-state index contributed by atoms with van der Waals surface area (Å²) in [6, 6.07) is 0. The molecule has 0 aromatic carbocycles. The standard InChI is InChI=1S/C7H13NO3S/c1-3-11-7(12)4-6(2)5-8(9)10/h6H,3-5H2,1-2H3. The van der Waals surface area contributed by atoms with Crippen molar-refractivity contribution < 1.29 is 9.66 Å². The van der Waals surface area contributed by atoms with E-state index >= 15 is 0 Å². The minimum Gasteiger partial charge on any atom is -0.487 e. The molecule has 0 aromatic heterocycles. The van der Waals surface area contributed by atoms with Crippen LogP contribution in [0.1, 0.15) is 20.3 Å². The minimum absolute atomic E-state index is 0.0425. The van der Waals surface area contributed by atoms with E-state index in [1.54, 1.807) is 6.92 Å². The van der Waals surface area contributed by atoms with Crippen LogP contribution < -0.4 is 0 Å². The fourth-order valence-electron chi connectivity index (χ4n) is 0.823. The van der Waals surface area contributed by atoms with Crippen molar-refractivity contribution in [2.75, 3.05) is 13.2 Å². The molecule has 0 aliphatic rings. The molecule has 1 unspecified atom stereocenters. The van der Waals surface area contributed by atoms with Gasteiger partial charge in [-0.25, -0.2) is 0 Å². The summed E-state index contributed by atoms with van der Waals surface area (Å²) in [4.78, 5) is 9.74. The van der Waals surface area contributed by atoms with Crippen molar-refractivity contribution in [2.24, 2.45) is 5.92 Å². The maximum absolute atomic E-state index is 10.1. The fraction of sp³-hybridized carbons (Fsp3) is 0.857. The van der Waals surface area contributed by atoms with Crippen LogP contribution in [0, 0.1) is 16.0 Å². The molecule has 5 heteroatoms. The van der Waals surface area contributed by atoms with Gasteiger partial charge in [0.25, 0.3) is 0 Å². The predicted octanol–water partition coefficient (Wildman–Crippen LogP) is 1.65. The average Bonchev–Trinajstić information content (AvgIpc) is 1.84. The summed E-state index contributed by atoms with van der Waals surface area (Å²) in [6.07, 6.45) is 0.490. The van der Waals surface area contributed by atoms with Gasteiger partial charge in [-0.1, -0.05) is 6.92 Å². The van der Waals surface area contributed by atoms with Gasteiger partial charge >= 0.3 is 0 Å². The van der Waals surface area contributed by atoms with Crippen LogP contribution >= 0.6 is 12.2 Å². The molecule has 0 heterocycles. The second-order valence-corrected chi connectivity index (χ2v) is 3.08. The molecule has 0 saturated carbocycles. The van der Waals surface area contributed by atoms with E-state index in [9.17, 15) is 10.1 Å². The van der Waals surface area contributed by atoms with Crippen molar-refractivity contribution in [3.8, 4) is 0 Å². The molecule has 0 spiro atoms. The molecule has 0 bridgehead atoms. The molecule has 0 fully saturated rings. The van der Waals surface area contributed by atoms with Crippen LogP contribution in [0.5, 0.6) is 0 Å². The van der Waals surface area contributed by atoms with Crippen LogP contribution in [0.3, 0.4) is 0 Å². The van der Waals surface area contributed by atoms with Crippen LogP contribution in [0.2, 0.25) is 0 Å². The van der Waals surface area contributed by atoms with E-state index in [1.165, 1.54) is 0 Å². The number of thiocarbonyl (C=S) groups is 1. The highest BCUT2D eigenvalue weighted by Crippen LogP contribution is 2.04. The highest BCUT2D eigenvalue weighted by Gasteiger charge is 2.11. The number of hydrogen-bond acceptors (Lipinski definition) is 4. The first-order chi connectivity index (χ1) is 5.56. The van der Waals surface area contributed by atoms with Crippen LogP contribution in [-0.2, 0) is 4.74 Å². The van der Waals surface area contributed by atoms with Crippen LogP contribution in [0.25, 0.3) is 0 Å². The Labute approximate surface area is 77.1 Å². The van der Waals surface area contributed by atoms with Crippen molar-refractivity contribution in [1.82, 2.24) is 0 Å². The molecule has 0 N–H and O–H groups in total. The average molecular weight is 191 g/mol. The monoisotopic (exact) mass is 191 g/mol. The molecule has 0 radical (unpaired) electrons. The summed E-state index contributed by atoms with van der Waals surface area (Å²) >= 11 is 4.84. The van der Waals surface area contributed by atoms with E-state index in [0.717, 1.165) is 0 Å². The third-order valence-electron chi connectivity index (χ3n) is 1.28. The predicted molar refractivity (Wildman–Crippen MR) is 49.9 cm³/mol. The van der Waals surface area contributed by atoms with Crippen molar-refractivity contribution in [1.29, 1.82) is 0 Å². The lowest BCUT2D eigenvalue weighted by molar-refractivity contribution is -0.487. The Morgan fingerprint density at radius 1 is 1.75 bits per heavy atom. The number of hydrogen-bond donors (Lipinski definition) is 0. The van der Waals surface area contributed by atoms with E-state index in [4.69, 9.17) is 17.0 Å². The minimum atomic E-state index is -0.334. The maximum Gasteiger partial charge on any atom is 0.206 e. The quantitative estimate of drug-likeness (QED) is 0.376. The molecule has 1 atom stereocenters. The third kappa shape index (κ3) is 6.03. The lowest BCUT2D eigenvalue weighted by atomic mass is 10.1. The van der Waals surface area contributed by atoms with E-state index in [1.807, 2.05) is 6.92 Å². The van der Waals surface area contributed by atoms with Crippen LogP contribution in [-0.4, -0.2) is 23.1 Å². The highest BCUT2D eigenvalue weighted by atomic mass is 32.1. The van der Waals surface area contributed by atoms with Crippen molar-refractivity contribution in [3.05, 3.63) is 10.1 Å². The molecule has 0 aliphatic carbocycles. The zero-order valence-electron chi connectivity index (χ0n) is 7.28. The van der Waals surface area contributed by atoms with Crippen LogP contribution in [0.15, 0.2) is 0 Å². The van der Waals surface area contributed by atoms with E-state index in [0.29, 0.717) is 18.1 Å². The molecule has 70 valence electrons. The van der Waals surface area contributed by atoms with E-state index in [2.05, 4.69) is 0 Å². The van der Waals surface area contributed by atoms with Gasteiger partial charge in [-0.3, -0.25) is 10.1 Å². The third-order valence-corrected chi connectivity index (χ3v) is 1.57. The first-order valence-electron chi connectivity index (χ1n) is 3.83. The van der Waals surface area contributed by atoms with Gasteiger partial charge < -0.3 is 4.74 Å². The number of nitro groups is 1. The van der Waals surface area contributed by atoms with Crippen molar-refractivity contribution in [3.63, 3.8) is 0 Å². The Bertz CT molecular complexity index is 172. The number of nitrogens with zero attached hydrogens (tertiary/aromatic N) is 1. The largest absolute Gasteiger partial charge is 0.487 e. The van der Waals surface area contributed by atoms with Gasteiger partial charge in [-0.2, -0.15) is 0 Å². The second-order valence-electron chi connectivity index (χ2n) is 2.63. The highest BCUT2D eigenvalue weighted by molar-refractivity contribution is 7.80. The van der Waals surface area contributed by atoms with Crippen molar-refractivity contribution in [2.45, 2.75) is 20.3 Å². The molecule has 4 nitrogen and oxygen atoms in total. The summed E-state index contributed by atoms with van der Waals surface area (Å²) in [5.41, 5.74) is 0. The molecule has 12 heavy (non-hydrogen) atoms. The topological polar surface area (TPSA) is 52.4 Å². The zero-order chi connectivity index (χ0) is 9.56. The summed E-state index contributed by atoms with van der Waals surface area (Å²) < 4.78 is 5.00. The molecule has 0 aliphatic heterocycles. The molecular formula is C7H13NO3S. The molecule has 0 aromatic rings. The van der Waals surface area contributed by atoms with Gasteiger partial charge in [0.1, 0.15) is 0 Å². The van der Waals surface area contributed by atoms with E-state index in [-0.39, 0.29) is 17.4 Å². The zero-order valence-corrected chi connectivity index (χ0v) is 8.10. The Kier molecular flexibility index (Phi) is 5.53. The fourth-order valence-corrected chi connectivity index (χ4v) is 1.23. The second kappa shape index (κ2) is 5.88.